The van der Waals surface area contributed by atoms with Gasteiger partial charge in [-0.05, 0) is 41.6 Å². The van der Waals surface area contributed by atoms with Crippen LogP contribution in [0.5, 0.6) is 0 Å². The van der Waals surface area contributed by atoms with E-state index in [1.54, 1.807) is 22.0 Å². The molecule has 0 aliphatic rings. The van der Waals surface area contributed by atoms with E-state index in [4.69, 9.17) is 0 Å². The van der Waals surface area contributed by atoms with Crippen molar-refractivity contribution in [3.05, 3.63) is 89.2 Å². The third-order valence-electron chi connectivity index (χ3n) is 5.44. The average molecular weight is 413 g/mol. The van der Waals surface area contributed by atoms with Crippen LogP contribution >= 0.6 is 11.3 Å². The number of amides is 1. The van der Waals surface area contributed by atoms with Gasteiger partial charge in [0, 0.05) is 11.1 Å². The Kier molecular flexibility index (Phi) is 4.56. The topological polar surface area (TPSA) is 59.3 Å². The van der Waals surface area contributed by atoms with Crippen molar-refractivity contribution in [2.45, 2.75) is 19.9 Å². The zero-order chi connectivity index (χ0) is 20.7. The maximum Gasteiger partial charge on any atom is 0.255 e. The van der Waals surface area contributed by atoms with Crippen molar-refractivity contribution >= 4 is 33.7 Å². The predicted molar refractivity (Wildman–Crippen MR) is 121 cm³/mol. The average Bonchev–Trinajstić information content (AvgIpc) is 3.43. The molecule has 0 saturated heterocycles. The van der Waals surface area contributed by atoms with E-state index in [1.165, 1.54) is 0 Å². The zero-order valence-corrected chi connectivity index (χ0v) is 17.5. The number of carbonyl (C=O) groups excluding carboxylic acids is 1. The first-order chi connectivity index (χ1) is 14.6. The van der Waals surface area contributed by atoms with Gasteiger partial charge in [0.15, 0.2) is 5.65 Å². The van der Waals surface area contributed by atoms with Crippen LogP contribution < -0.4 is 5.32 Å². The van der Waals surface area contributed by atoms with Gasteiger partial charge in [0.1, 0.15) is 0 Å². The van der Waals surface area contributed by atoms with Crippen molar-refractivity contribution in [1.82, 2.24) is 19.9 Å². The molecule has 1 N–H and O–H groups in total. The van der Waals surface area contributed by atoms with Gasteiger partial charge in [-0.1, -0.05) is 48.5 Å². The van der Waals surface area contributed by atoms with Crippen LogP contribution in [-0.4, -0.2) is 20.5 Å². The standard InChI is InChI=1S/C24H20N4OS/c1-15(18-10-5-8-17-7-3-4-9-19(17)18)27-24(29)20-13-25-23-21(22-11-6-12-30-22)14-26-28(23)16(20)2/h3-15H,1-2H3,(H,27,29). The molecule has 0 saturated carbocycles. The number of aryl methyl sites for hydroxylation is 1. The Hall–Kier alpha value is -3.51. The minimum absolute atomic E-state index is 0.141. The van der Waals surface area contributed by atoms with Crippen LogP contribution in [0.3, 0.4) is 0 Å². The van der Waals surface area contributed by atoms with Gasteiger partial charge >= 0.3 is 0 Å². The molecule has 5 nitrogen and oxygen atoms in total. The van der Waals surface area contributed by atoms with Crippen LogP contribution in [0.15, 0.2) is 72.4 Å². The molecular weight excluding hydrogens is 392 g/mol. The number of rotatable bonds is 4. The molecule has 5 rings (SSSR count). The lowest BCUT2D eigenvalue weighted by atomic mass is 9.99. The van der Waals surface area contributed by atoms with Gasteiger partial charge in [0.05, 0.1) is 29.1 Å². The molecule has 30 heavy (non-hydrogen) atoms. The van der Waals surface area contributed by atoms with Crippen molar-refractivity contribution in [2.24, 2.45) is 0 Å². The van der Waals surface area contributed by atoms with Gasteiger partial charge in [-0.25, -0.2) is 9.50 Å². The molecule has 0 aliphatic heterocycles. The number of benzene rings is 2. The monoisotopic (exact) mass is 412 g/mol. The van der Waals surface area contributed by atoms with Gasteiger partial charge < -0.3 is 5.32 Å². The minimum atomic E-state index is -0.157. The molecule has 1 atom stereocenters. The molecule has 2 aromatic carbocycles. The Bertz CT molecular complexity index is 1370. The van der Waals surface area contributed by atoms with E-state index < -0.39 is 0 Å². The van der Waals surface area contributed by atoms with Crippen LogP contribution in [0.4, 0.5) is 0 Å². The number of aromatic nitrogens is 3. The van der Waals surface area contributed by atoms with Gasteiger partial charge in [-0.2, -0.15) is 5.10 Å². The summed E-state index contributed by atoms with van der Waals surface area (Å²) in [5, 5.41) is 11.9. The quantitative estimate of drug-likeness (QED) is 0.429. The Morgan fingerprint density at radius 1 is 1.07 bits per heavy atom. The van der Waals surface area contributed by atoms with Crippen molar-refractivity contribution in [1.29, 1.82) is 0 Å². The third kappa shape index (κ3) is 3.06. The first kappa shape index (κ1) is 18.5. The maximum atomic E-state index is 13.1. The summed E-state index contributed by atoms with van der Waals surface area (Å²) in [4.78, 5) is 18.7. The lowest BCUT2D eigenvalue weighted by Gasteiger charge is -2.17. The normalized spacial score (nSPS) is 12.3. The van der Waals surface area contributed by atoms with Crippen LogP contribution in [0, 0.1) is 6.92 Å². The van der Waals surface area contributed by atoms with Crippen molar-refractivity contribution < 1.29 is 4.79 Å². The number of hydrogen-bond acceptors (Lipinski definition) is 4. The van der Waals surface area contributed by atoms with Gasteiger partial charge in [-0.15, -0.1) is 11.3 Å². The van der Waals surface area contributed by atoms with Crippen LogP contribution in [0.25, 0.3) is 26.9 Å². The third-order valence-corrected chi connectivity index (χ3v) is 6.34. The Balaban J connectivity index is 1.47. The van der Waals surface area contributed by atoms with E-state index in [-0.39, 0.29) is 11.9 Å². The van der Waals surface area contributed by atoms with Crippen molar-refractivity contribution in [2.75, 3.05) is 0 Å². The molecule has 0 spiro atoms. The first-order valence-electron chi connectivity index (χ1n) is 9.79. The SMILES string of the molecule is Cc1c(C(=O)NC(C)c2cccc3ccccc23)cnc2c(-c3cccs3)cnn12. The van der Waals surface area contributed by atoms with E-state index in [0.717, 1.165) is 38.1 Å². The van der Waals surface area contributed by atoms with Gasteiger partial charge in [0.25, 0.3) is 5.91 Å². The molecule has 0 aliphatic carbocycles. The molecule has 1 unspecified atom stereocenters. The molecule has 3 heterocycles. The molecule has 1 amide bonds. The maximum absolute atomic E-state index is 13.1. The highest BCUT2D eigenvalue weighted by atomic mass is 32.1. The van der Waals surface area contributed by atoms with E-state index in [1.807, 2.05) is 55.8 Å². The largest absolute Gasteiger partial charge is 0.345 e. The highest BCUT2D eigenvalue weighted by Gasteiger charge is 2.19. The lowest BCUT2D eigenvalue weighted by molar-refractivity contribution is 0.0938. The van der Waals surface area contributed by atoms with Gasteiger partial charge in [0.2, 0.25) is 0 Å². The Labute approximate surface area is 178 Å². The van der Waals surface area contributed by atoms with Crippen LogP contribution in [-0.2, 0) is 0 Å². The number of carbonyl (C=O) groups is 1. The molecule has 3 aromatic heterocycles. The molecule has 0 fully saturated rings. The van der Waals surface area contributed by atoms with Crippen molar-refractivity contribution in [3.8, 4) is 10.4 Å². The molecule has 5 aromatic rings. The number of nitrogens with zero attached hydrogens (tertiary/aromatic N) is 3. The van der Waals surface area contributed by atoms with E-state index in [2.05, 4.69) is 39.7 Å². The number of hydrogen-bond donors (Lipinski definition) is 1. The minimum Gasteiger partial charge on any atom is -0.345 e. The Morgan fingerprint density at radius 2 is 1.90 bits per heavy atom. The fourth-order valence-corrected chi connectivity index (χ4v) is 4.59. The van der Waals surface area contributed by atoms with Crippen LogP contribution in [0.1, 0.15) is 34.6 Å². The summed E-state index contributed by atoms with van der Waals surface area (Å²) in [6.45, 7) is 3.90. The molecule has 148 valence electrons. The zero-order valence-electron chi connectivity index (χ0n) is 16.7. The summed E-state index contributed by atoms with van der Waals surface area (Å²) in [5.74, 6) is -0.157. The lowest BCUT2D eigenvalue weighted by Crippen LogP contribution is -2.28. The van der Waals surface area contributed by atoms with E-state index >= 15 is 0 Å². The van der Waals surface area contributed by atoms with E-state index in [9.17, 15) is 4.79 Å². The first-order valence-corrected chi connectivity index (χ1v) is 10.7. The smallest absolute Gasteiger partial charge is 0.255 e. The second-order valence-electron chi connectivity index (χ2n) is 7.29. The predicted octanol–water partition coefficient (Wildman–Crippen LogP) is 5.41. The van der Waals surface area contributed by atoms with E-state index in [0.29, 0.717) is 5.56 Å². The van der Waals surface area contributed by atoms with Gasteiger partial charge in [-0.3, -0.25) is 4.79 Å². The summed E-state index contributed by atoms with van der Waals surface area (Å²) >= 11 is 1.65. The van der Waals surface area contributed by atoms with Crippen LogP contribution in [0.2, 0.25) is 0 Å². The Morgan fingerprint density at radius 3 is 2.73 bits per heavy atom. The summed E-state index contributed by atoms with van der Waals surface area (Å²) in [6.07, 6.45) is 3.45. The summed E-state index contributed by atoms with van der Waals surface area (Å²) in [7, 11) is 0. The fourth-order valence-electron chi connectivity index (χ4n) is 3.85. The highest BCUT2D eigenvalue weighted by Crippen LogP contribution is 2.29. The molecular formula is C24H20N4OS. The number of thiophene rings is 1. The number of nitrogens with one attached hydrogen (secondary N) is 1. The second kappa shape index (κ2) is 7.39. The molecule has 0 radical (unpaired) electrons. The number of fused-ring (bicyclic) bond motifs is 2. The summed E-state index contributed by atoms with van der Waals surface area (Å²) in [6, 6.07) is 18.3. The summed E-state index contributed by atoms with van der Waals surface area (Å²) < 4.78 is 1.74. The fraction of sp³-hybridized carbons (Fsp3) is 0.125. The second-order valence-corrected chi connectivity index (χ2v) is 8.24. The summed E-state index contributed by atoms with van der Waals surface area (Å²) in [5.41, 5.74) is 4.12. The van der Waals surface area contributed by atoms with Crippen molar-refractivity contribution in [3.63, 3.8) is 0 Å². The highest BCUT2D eigenvalue weighted by molar-refractivity contribution is 7.13. The molecule has 6 heteroatoms. The molecule has 0 bridgehead atoms.